The molecule has 0 aliphatic rings. The van der Waals surface area contributed by atoms with Crippen molar-refractivity contribution in [3.05, 3.63) is 68.8 Å². The van der Waals surface area contributed by atoms with Gasteiger partial charge in [0.25, 0.3) is 5.69 Å². The van der Waals surface area contributed by atoms with Crippen molar-refractivity contribution in [1.82, 2.24) is 0 Å². The fourth-order valence-electron chi connectivity index (χ4n) is 2.24. The molecule has 0 radical (unpaired) electrons. The average Bonchev–Trinajstić information content (AvgIpc) is 2.61. The fourth-order valence-corrected chi connectivity index (χ4v) is 2.24. The van der Waals surface area contributed by atoms with Crippen LogP contribution in [0.4, 0.5) is 5.69 Å². The molecule has 0 aromatic heterocycles. The van der Waals surface area contributed by atoms with Gasteiger partial charge in [-0.2, -0.15) is 0 Å². The summed E-state index contributed by atoms with van der Waals surface area (Å²) in [6.07, 6.45) is 0. The maximum Gasteiger partial charge on any atom is 0.343 e. The number of ether oxygens (including phenoxy) is 2. The zero-order valence-electron chi connectivity index (χ0n) is 14.3. The number of rotatable bonds is 5. The van der Waals surface area contributed by atoms with Gasteiger partial charge in [0.2, 0.25) is 0 Å². The van der Waals surface area contributed by atoms with E-state index in [0.29, 0.717) is 0 Å². The number of carbonyl (C=O) groups is 3. The van der Waals surface area contributed by atoms with E-state index < -0.39 is 22.5 Å². The number of methoxy groups -OCH3 is 1. The van der Waals surface area contributed by atoms with Crippen molar-refractivity contribution in [2.24, 2.45) is 0 Å². The van der Waals surface area contributed by atoms with Crippen LogP contribution >= 0.6 is 0 Å². The topological polar surface area (TPSA) is 113 Å². The summed E-state index contributed by atoms with van der Waals surface area (Å²) >= 11 is 0. The molecule has 2 rings (SSSR count). The van der Waals surface area contributed by atoms with Gasteiger partial charge in [-0.1, -0.05) is 11.6 Å². The SMILES string of the molecule is COC(=O)c1cc(C(=O)Oc2ccc(C)cc2C(C)=O)cc([N+](=O)[O-])c1. The molecule has 0 aliphatic carbocycles. The minimum absolute atomic E-state index is 0.0271. The van der Waals surface area contributed by atoms with E-state index in [2.05, 4.69) is 4.74 Å². The van der Waals surface area contributed by atoms with E-state index >= 15 is 0 Å². The number of Topliss-reactive ketones (excluding diaryl/α,β-unsaturated/α-hetero) is 1. The van der Waals surface area contributed by atoms with E-state index in [1.54, 1.807) is 19.1 Å². The molecule has 0 saturated carbocycles. The molecule has 0 bridgehead atoms. The van der Waals surface area contributed by atoms with Crippen LogP contribution < -0.4 is 4.74 Å². The lowest BCUT2D eigenvalue weighted by Crippen LogP contribution is -2.13. The van der Waals surface area contributed by atoms with Crippen molar-refractivity contribution in [3.8, 4) is 5.75 Å². The first-order valence-corrected chi connectivity index (χ1v) is 7.44. The van der Waals surface area contributed by atoms with Gasteiger partial charge in [0.15, 0.2) is 5.78 Å². The number of non-ortho nitro benzene ring substituents is 1. The smallest absolute Gasteiger partial charge is 0.343 e. The van der Waals surface area contributed by atoms with Crippen molar-refractivity contribution >= 4 is 23.4 Å². The van der Waals surface area contributed by atoms with E-state index in [-0.39, 0.29) is 28.2 Å². The zero-order chi connectivity index (χ0) is 19.4. The fraction of sp³-hybridized carbons (Fsp3) is 0.167. The van der Waals surface area contributed by atoms with Crippen molar-refractivity contribution < 1.29 is 28.8 Å². The summed E-state index contributed by atoms with van der Waals surface area (Å²) < 4.78 is 9.75. The Morgan fingerprint density at radius 3 is 2.15 bits per heavy atom. The van der Waals surface area contributed by atoms with E-state index in [4.69, 9.17) is 4.74 Å². The van der Waals surface area contributed by atoms with Gasteiger partial charge < -0.3 is 9.47 Å². The second kappa shape index (κ2) is 7.56. The lowest BCUT2D eigenvalue weighted by Gasteiger charge is -2.10. The summed E-state index contributed by atoms with van der Waals surface area (Å²) in [7, 11) is 1.12. The van der Waals surface area contributed by atoms with Crippen LogP contribution in [0.2, 0.25) is 0 Å². The van der Waals surface area contributed by atoms with Crippen LogP contribution in [-0.4, -0.2) is 29.8 Å². The Bertz CT molecular complexity index is 918. The number of ketones is 1. The molecule has 0 spiro atoms. The lowest BCUT2D eigenvalue weighted by molar-refractivity contribution is -0.384. The van der Waals surface area contributed by atoms with E-state index in [9.17, 15) is 24.5 Å². The van der Waals surface area contributed by atoms with Crippen molar-refractivity contribution in [2.75, 3.05) is 7.11 Å². The number of nitro groups is 1. The highest BCUT2D eigenvalue weighted by Crippen LogP contribution is 2.24. The maximum absolute atomic E-state index is 12.4. The molecule has 0 amide bonds. The first kappa shape index (κ1) is 18.8. The summed E-state index contributed by atoms with van der Waals surface area (Å²) in [5.74, 6) is -2.04. The van der Waals surface area contributed by atoms with Crippen LogP contribution in [0, 0.1) is 17.0 Å². The normalized spacial score (nSPS) is 10.1. The summed E-state index contributed by atoms with van der Waals surface area (Å²) in [6.45, 7) is 3.11. The Hall–Kier alpha value is -3.55. The van der Waals surface area contributed by atoms with Crippen LogP contribution in [0.3, 0.4) is 0 Å². The second-order valence-corrected chi connectivity index (χ2v) is 5.46. The predicted octanol–water partition coefficient (Wildman–Crippen LogP) is 3.11. The van der Waals surface area contributed by atoms with Gasteiger partial charge in [0, 0.05) is 12.1 Å². The van der Waals surface area contributed by atoms with Gasteiger partial charge in [0.05, 0.1) is 28.7 Å². The molecule has 2 aromatic carbocycles. The number of benzene rings is 2. The number of nitro benzene ring substituents is 1. The van der Waals surface area contributed by atoms with Crippen molar-refractivity contribution in [2.45, 2.75) is 13.8 Å². The third kappa shape index (κ3) is 4.10. The van der Waals surface area contributed by atoms with Gasteiger partial charge in [-0.05, 0) is 32.0 Å². The molecule has 8 nitrogen and oxygen atoms in total. The van der Waals surface area contributed by atoms with Crippen LogP contribution in [0.25, 0.3) is 0 Å². The monoisotopic (exact) mass is 357 g/mol. The van der Waals surface area contributed by atoms with Gasteiger partial charge in [-0.25, -0.2) is 9.59 Å². The summed E-state index contributed by atoms with van der Waals surface area (Å²) in [6, 6.07) is 7.79. The predicted molar refractivity (Wildman–Crippen MR) is 90.6 cm³/mol. The molecule has 8 heteroatoms. The molecular weight excluding hydrogens is 342 g/mol. The highest BCUT2D eigenvalue weighted by Gasteiger charge is 2.21. The molecule has 0 aliphatic heterocycles. The molecule has 0 fully saturated rings. The Labute approximate surface area is 148 Å². The van der Waals surface area contributed by atoms with Gasteiger partial charge in [-0.3, -0.25) is 14.9 Å². The first-order chi connectivity index (χ1) is 12.2. The minimum Gasteiger partial charge on any atom is -0.465 e. The molecule has 134 valence electrons. The Morgan fingerprint density at radius 2 is 1.62 bits per heavy atom. The molecule has 26 heavy (non-hydrogen) atoms. The highest BCUT2D eigenvalue weighted by molar-refractivity contribution is 6.00. The molecule has 0 saturated heterocycles. The number of hydrogen-bond donors (Lipinski definition) is 0. The second-order valence-electron chi connectivity index (χ2n) is 5.46. The van der Waals surface area contributed by atoms with E-state index in [1.807, 2.05) is 0 Å². The zero-order valence-corrected chi connectivity index (χ0v) is 14.3. The number of hydrogen-bond acceptors (Lipinski definition) is 7. The van der Waals surface area contributed by atoms with Crippen molar-refractivity contribution in [1.29, 1.82) is 0 Å². The number of nitrogens with zero attached hydrogens (tertiary/aromatic N) is 1. The molecule has 0 atom stereocenters. The van der Waals surface area contributed by atoms with Crippen LogP contribution in [0.15, 0.2) is 36.4 Å². The standard InChI is InChI=1S/C18H15NO7/c1-10-4-5-16(15(6-10)11(2)20)26-18(22)13-7-12(17(21)25-3)8-14(9-13)19(23)24/h4-9H,1-3H3. The Morgan fingerprint density at radius 1 is 1.00 bits per heavy atom. The van der Waals surface area contributed by atoms with Crippen LogP contribution in [0.5, 0.6) is 5.75 Å². The highest BCUT2D eigenvalue weighted by atomic mass is 16.6. The maximum atomic E-state index is 12.4. The van der Waals surface area contributed by atoms with E-state index in [1.165, 1.54) is 13.0 Å². The minimum atomic E-state index is -0.940. The largest absolute Gasteiger partial charge is 0.465 e. The molecule has 0 N–H and O–H groups in total. The quantitative estimate of drug-likeness (QED) is 0.265. The van der Waals surface area contributed by atoms with Gasteiger partial charge in [-0.15, -0.1) is 0 Å². The van der Waals surface area contributed by atoms with E-state index in [0.717, 1.165) is 30.9 Å². The van der Waals surface area contributed by atoms with Crippen LogP contribution in [0.1, 0.15) is 43.6 Å². The third-order valence-electron chi connectivity index (χ3n) is 3.50. The molecule has 0 heterocycles. The lowest BCUT2D eigenvalue weighted by atomic mass is 10.1. The molecule has 2 aromatic rings. The average molecular weight is 357 g/mol. The summed E-state index contributed by atoms with van der Waals surface area (Å²) in [5.41, 5.74) is 0.171. The Kier molecular flexibility index (Phi) is 5.46. The van der Waals surface area contributed by atoms with Crippen molar-refractivity contribution in [3.63, 3.8) is 0 Å². The third-order valence-corrected chi connectivity index (χ3v) is 3.50. The Balaban J connectivity index is 2.44. The number of aryl methyl sites for hydroxylation is 1. The first-order valence-electron chi connectivity index (χ1n) is 7.44. The summed E-state index contributed by atoms with van der Waals surface area (Å²) in [5, 5.41) is 11.0. The molecular formula is C18H15NO7. The van der Waals surface area contributed by atoms with Crippen LogP contribution in [-0.2, 0) is 4.74 Å². The summed E-state index contributed by atoms with van der Waals surface area (Å²) in [4.78, 5) is 46.1. The number of esters is 2. The molecule has 0 unspecified atom stereocenters. The number of carbonyl (C=O) groups excluding carboxylic acids is 3. The van der Waals surface area contributed by atoms with Gasteiger partial charge >= 0.3 is 11.9 Å². The van der Waals surface area contributed by atoms with Gasteiger partial charge in [0.1, 0.15) is 5.75 Å².